The van der Waals surface area contributed by atoms with Crippen LogP contribution in [0.5, 0.6) is 0 Å². The van der Waals surface area contributed by atoms with Gasteiger partial charge in [-0.2, -0.15) is 0 Å². The molecule has 1 saturated heterocycles. The van der Waals surface area contributed by atoms with Crippen LogP contribution < -0.4 is 15.1 Å². The summed E-state index contributed by atoms with van der Waals surface area (Å²) in [6.45, 7) is 10.2. The van der Waals surface area contributed by atoms with E-state index in [4.69, 9.17) is 0 Å². The minimum Gasteiger partial charge on any atom is -0.372 e. The van der Waals surface area contributed by atoms with Crippen LogP contribution in [-0.4, -0.2) is 42.1 Å². The number of nitrogens with zero attached hydrogens (tertiary/aromatic N) is 4. The number of rotatable bonds is 6. The summed E-state index contributed by atoms with van der Waals surface area (Å²) in [7, 11) is 0. The van der Waals surface area contributed by atoms with Crippen LogP contribution in [0.4, 0.5) is 17.2 Å². The van der Waals surface area contributed by atoms with Gasteiger partial charge in [0.15, 0.2) is 0 Å². The first kappa shape index (κ1) is 18.2. The van der Waals surface area contributed by atoms with E-state index in [1.165, 1.54) is 24.9 Å². The Bertz CT molecular complexity index is 767. The number of anilines is 3. The summed E-state index contributed by atoms with van der Waals surface area (Å²) in [5.41, 5.74) is 3.42. The maximum Gasteiger partial charge on any atom is 0.274 e. The topological polar surface area (TPSA) is 61.4 Å². The Kier molecular flexibility index (Phi) is 5.71. The van der Waals surface area contributed by atoms with E-state index in [0.717, 1.165) is 43.2 Å². The molecule has 2 aromatic rings. The van der Waals surface area contributed by atoms with Crippen molar-refractivity contribution < 1.29 is 4.79 Å². The smallest absolute Gasteiger partial charge is 0.274 e. The summed E-state index contributed by atoms with van der Waals surface area (Å²) in [5, 5.41) is 2.98. The fraction of sp³-hybridized carbons (Fsp3) is 0.450. The molecule has 1 N–H and O–H groups in total. The number of aryl methyl sites for hydroxylation is 1. The maximum absolute atomic E-state index is 12.6. The summed E-state index contributed by atoms with van der Waals surface area (Å²) < 4.78 is 0. The van der Waals surface area contributed by atoms with Crippen LogP contribution >= 0.6 is 0 Å². The van der Waals surface area contributed by atoms with Crippen LogP contribution in [0, 0.1) is 6.92 Å². The number of carbonyl (C=O) groups is 1. The van der Waals surface area contributed by atoms with Crippen molar-refractivity contribution in [2.75, 3.05) is 41.3 Å². The van der Waals surface area contributed by atoms with Gasteiger partial charge in [0.1, 0.15) is 17.8 Å². The molecule has 1 aromatic heterocycles. The number of hydrogen-bond acceptors (Lipinski definition) is 5. The zero-order valence-electron chi connectivity index (χ0n) is 15.8. The first-order valence-electron chi connectivity index (χ1n) is 9.36. The van der Waals surface area contributed by atoms with E-state index in [1.54, 1.807) is 6.07 Å². The highest BCUT2D eigenvalue weighted by molar-refractivity contribution is 6.03. The Morgan fingerprint density at radius 2 is 1.88 bits per heavy atom. The maximum atomic E-state index is 12.6. The second-order valence-electron chi connectivity index (χ2n) is 6.58. The molecule has 1 aliphatic rings. The van der Waals surface area contributed by atoms with Gasteiger partial charge in [-0.15, -0.1) is 0 Å². The number of benzene rings is 1. The Morgan fingerprint density at radius 1 is 1.15 bits per heavy atom. The van der Waals surface area contributed by atoms with Gasteiger partial charge in [0.25, 0.3) is 5.91 Å². The lowest BCUT2D eigenvalue weighted by Crippen LogP contribution is -2.22. The fourth-order valence-corrected chi connectivity index (χ4v) is 3.35. The molecule has 0 unspecified atom stereocenters. The van der Waals surface area contributed by atoms with Crippen molar-refractivity contribution in [3.05, 3.63) is 41.9 Å². The molecule has 0 bridgehead atoms. The fourth-order valence-electron chi connectivity index (χ4n) is 3.35. The molecule has 1 fully saturated rings. The standard InChI is InChI=1S/C20H27N5O/c1-4-24(5-2)16-8-9-17(15(3)12-16)23-20(26)18-13-19(22-14-21-18)25-10-6-7-11-25/h8-9,12-14H,4-7,10-11H2,1-3H3,(H,23,26). The summed E-state index contributed by atoms with van der Waals surface area (Å²) >= 11 is 0. The monoisotopic (exact) mass is 353 g/mol. The molecule has 1 aliphatic heterocycles. The molecule has 26 heavy (non-hydrogen) atoms. The molecule has 0 radical (unpaired) electrons. The van der Waals surface area contributed by atoms with E-state index in [-0.39, 0.29) is 5.91 Å². The van der Waals surface area contributed by atoms with Gasteiger partial charge in [-0.05, 0) is 57.4 Å². The average Bonchev–Trinajstić information content (AvgIpc) is 3.20. The summed E-state index contributed by atoms with van der Waals surface area (Å²) in [6, 6.07) is 7.90. The molecule has 3 rings (SSSR count). The van der Waals surface area contributed by atoms with Crippen LogP contribution in [-0.2, 0) is 0 Å². The van der Waals surface area contributed by atoms with Crippen LogP contribution in [0.25, 0.3) is 0 Å². The second kappa shape index (κ2) is 8.17. The van der Waals surface area contributed by atoms with Gasteiger partial charge in [0.05, 0.1) is 0 Å². The number of aromatic nitrogens is 2. The first-order chi connectivity index (χ1) is 12.6. The number of amides is 1. The third-order valence-electron chi connectivity index (χ3n) is 4.90. The molecular formula is C20H27N5O. The highest BCUT2D eigenvalue weighted by Crippen LogP contribution is 2.23. The number of nitrogens with one attached hydrogen (secondary N) is 1. The number of hydrogen-bond donors (Lipinski definition) is 1. The summed E-state index contributed by atoms with van der Waals surface area (Å²) in [6.07, 6.45) is 3.81. The van der Waals surface area contributed by atoms with Gasteiger partial charge >= 0.3 is 0 Å². The molecule has 0 spiro atoms. The molecule has 0 atom stereocenters. The molecule has 6 nitrogen and oxygen atoms in total. The largest absolute Gasteiger partial charge is 0.372 e. The van der Waals surface area contributed by atoms with Gasteiger partial charge in [-0.3, -0.25) is 4.79 Å². The van der Waals surface area contributed by atoms with E-state index >= 15 is 0 Å². The minimum absolute atomic E-state index is 0.202. The Balaban J connectivity index is 1.74. The van der Waals surface area contributed by atoms with Crippen molar-refractivity contribution >= 4 is 23.1 Å². The SMILES string of the molecule is CCN(CC)c1ccc(NC(=O)c2cc(N3CCCC3)ncn2)c(C)c1. The van der Waals surface area contributed by atoms with E-state index in [1.807, 2.05) is 19.1 Å². The van der Waals surface area contributed by atoms with E-state index < -0.39 is 0 Å². The normalized spacial score (nSPS) is 13.7. The van der Waals surface area contributed by atoms with Gasteiger partial charge in [-0.1, -0.05) is 0 Å². The lowest BCUT2D eigenvalue weighted by molar-refractivity contribution is 0.102. The lowest BCUT2D eigenvalue weighted by atomic mass is 10.1. The van der Waals surface area contributed by atoms with Gasteiger partial charge < -0.3 is 15.1 Å². The molecule has 0 aliphatic carbocycles. The van der Waals surface area contributed by atoms with Crippen LogP contribution in [0.15, 0.2) is 30.6 Å². The Hall–Kier alpha value is -2.63. The molecule has 138 valence electrons. The van der Waals surface area contributed by atoms with Crippen LogP contribution in [0.3, 0.4) is 0 Å². The quantitative estimate of drug-likeness (QED) is 0.861. The molecule has 1 amide bonds. The zero-order valence-corrected chi connectivity index (χ0v) is 15.8. The first-order valence-corrected chi connectivity index (χ1v) is 9.36. The van der Waals surface area contributed by atoms with E-state index in [2.05, 4.69) is 45.0 Å². The van der Waals surface area contributed by atoms with Gasteiger partial charge in [0, 0.05) is 43.6 Å². The zero-order chi connectivity index (χ0) is 18.5. The van der Waals surface area contributed by atoms with Gasteiger partial charge in [0.2, 0.25) is 0 Å². The van der Waals surface area contributed by atoms with Crippen molar-refractivity contribution in [2.45, 2.75) is 33.6 Å². The van der Waals surface area contributed by atoms with Crippen LogP contribution in [0.2, 0.25) is 0 Å². The molecular weight excluding hydrogens is 326 g/mol. The average molecular weight is 353 g/mol. The number of carbonyl (C=O) groups excluding carboxylic acids is 1. The van der Waals surface area contributed by atoms with Crippen molar-refractivity contribution in [2.24, 2.45) is 0 Å². The van der Waals surface area contributed by atoms with Crippen molar-refractivity contribution in [3.8, 4) is 0 Å². The third kappa shape index (κ3) is 3.95. The predicted molar refractivity (Wildman–Crippen MR) is 106 cm³/mol. The van der Waals surface area contributed by atoms with E-state index in [0.29, 0.717) is 5.69 Å². The van der Waals surface area contributed by atoms with Gasteiger partial charge in [-0.25, -0.2) is 9.97 Å². The summed E-state index contributed by atoms with van der Waals surface area (Å²) in [4.78, 5) is 25.6. The molecule has 0 saturated carbocycles. The van der Waals surface area contributed by atoms with Crippen LogP contribution in [0.1, 0.15) is 42.7 Å². The second-order valence-corrected chi connectivity index (χ2v) is 6.58. The van der Waals surface area contributed by atoms with Crippen molar-refractivity contribution in [1.82, 2.24) is 9.97 Å². The minimum atomic E-state index is -0.202. The highest BCUT2D eigenvalue weighted by Gasteiger charge is 2.17. The summed E-state index contributed by atoms with van der Waals surface area (Å²) in [5.74, 6) is 0.628. The van der Waals surface area contributed by atoms with E-state index in [9.17, 15) is 4.79 Å². The lowest BCUT2D eigenvalue weighted by Gasteiger charge is -2.22. The molecule has 1 aromatic carbocycles. The Morgan fingerprint density at radius 3 is 2.54 bits per heavy atom. The Labute approximate surface area is 155 Å². The van der Waals surface area contributed by atoms with Crippen molar-refractivity contribution in [3.63, 3.8) is 0 Å². The van der Waals surface area contributed by atoms with Crippen molar-refractivity contribution in [1.29, 1.82) is 0 Å². The molecule has 6 heteroatoms. The predicted octanol–water partition coefficient (Wildman–Crippen LogP) is 3.48. The molecule has 2 heterocycles. The highest BCUT2D eigenvalue weighted by atomic mass is 16.1. The third-order valence-corrected chi connectivity index (χ3v) is 4.90.